The smallest absolute Gasteiger partial charge is 0.192 e. The zero-order valence-corrected chi connectivity index (χ0v) is 16.0. The van der Waals surface area contributed by atoms with Crippen LogP contribution in [0.3, 0.4) is 0 Å². The van der Waals surface area contributed by atoms with Crippen LogP contribution >= 0.6 is 39.3 Å². The lowest BCUT2D eigenvalue weighted by atomic mass is 10.2. The molecule has 24 heavy (non-hydrogen) atoms. The fraction of sp³-hybridized carbons (Fsp3) is 0.111. The first-order chi connectivity index (χ1) is 11.7. The summed E-state index contributed by atoms with van der Waals surface area (Å²) in [4.78, 5) is 0. The van der Waals surface area contributed by atoms with Crippen LogP contribution in [0.2, 0.25) is 5.02 Å². The molecule has 2 aromatic carbocycles. The number of nitrogens with zero attached hydrogens (tertiary/aromatic N) is 3. The number of rotatable bonds is 6. The minimum absolute atomic E-state index is 0.656. The number of allylic oxidation sites excluding steroid dienone is 1. The van der Waals surface area contributed by atoms with Gasteiger partial charge < -0.3 is 0 Å². The van der Waals surface area contributed by atoms with Gasteiger partial charge in [0.1, 0.15) is 0 Å². The second-order valence-corrected chi connectivity index (χ2v) is 7.36. The molecule has 0 aliphatic heterocycles. The average Bonchev–Trinajstić information content (AvgIpc) is 2.98. The van der Waals surface area contributed by atoms with Crippen LogP contribution in [-0.4, -0.2) is 14.8 Å². The first kappa shape index (κ1) is 17.3. The first-order valence-electron chi connectivity index (χ1n) is 7.35. The van der Waals surface area contributed by atoms with E-state index in [-0.39, 0.29) is 0 Å². The highest BCUT2D eigenvalue weighted by atomic mass is 79.9. The van der Waals surface area contributed by atoms with Crippen molar-refractivity contribution in [1.29, 1.82) is 0 Å². The predicted octanol–water partition coefficient (Wildman–Crippen LogP) is 5.84. The molecule has 0 saturated carbocycles. The minimum atomic E-state index is 0.656. The van der Waals surface area contributed by atoms with Crippen LogP contribution in [0.1, 0.15) is 5.56 Å². The third kappa shape index (κ3) is 3.91. The van der Waals surface area contributed by atoms with Gasteiger partial charge in [0.15, 0.2) is 11.0 Å². The van der Waals surface area contributed by atoms with E-state index in [9.17, 15) is 0 Å². The molecule has 0 N–H and O–H groups in total. The summed E-state index contributed by atoms with van der Waals surface area (Å²) in [5, 5.41) is 10.3. The number of hydrogen-bond acceptors (Lipinski definition) is 3. The third-order valence-electron chi connectivity index (χ3n) is 3.45. The van der Waals surface area contributed by atoms with E-state index in [0.29, 0.717) is 6.54 Å². The summed E-state index contributed by atoms with van der Waals surface area (Å²) in [6, 6.07) is 15.9. The fourth-order valence-electron chi connectivity index (χ4n) is 2.26. The average molecular weight is 421 g/mol. The van der Waals surface area contributed by atoms with Gasteiger partial charge in [-0.2, -0.15) is 0 Å². The predicted molar refractivity (Wildman–Crippen MR) is 104 cm³/mol. The van der Waals surface area contributed by atoms with Crippen LogP contribution in [0.5, 0.6) is 0 Å². The fourth-order valence-corrected chi connectivity index (χ4v) is 3.76. The Hall–Kier alpha value is -1.56. The van der Waals surface area contributed by atoms with Crippen molar-refractivity contribution >= 4 is 39.3 Å². The quantitative estimate of drug-likeness (QED) is 0.371. The molecule has 1 aromatic heterocycles. The summed E-state index contributed by atoms with van der Waals surface area (Å²) in [6.45, 7) is 4.50. The van der Waals surface area contributed by atoms with Gasteiger partial charge in [-0.25, -0.2) is 0 Å². The first-order valence-corrected chi connectivity index (χ1v) is 9.51. The van der Waals surface area contributed by atoms with Gasteiger partial charge in [-0.1, -0.05) is 75.7 Å². The summed E-state index contributed by atoms with van der Waals surface area (Å²) < 4.78 is 3.10. The van der Waals surface area contributed by atoms with Gasteiger partial charge in [0.05, 0.1) is 0 Å². The molecule has 0 radical (unpaired) electrons. The van der Waals surface area contributed by atoms with Crippen LogP contribution < -0.4 is 0 Å². The van der Waals surface area contributed by atoms with E-state index in [4.69, 9.17) is 11.6 Å². The standard InChI is InChI=1S/C18H15BrClN3S/c1-2-11-23-17(13-7-9-15(19)10-8-13)21-22-18(23)24-12-14-5-3-4-6-16(14)20/h2-10H,1,11-12H2. The van der Waals surface area contributed by atoms with Gasteiger partial charge in [0, 0.05) is 27.4 Å². The number of benzene rings is 2. The molecule has 0 amide bonds. The molecule has 0 aliphatic carbocycles. The van der Waals surface area contributed by atoms with Crippen LogP contribution in [0.4, 0.5) is 0 Å². The zero-order chi connectivity index (χ0) is 16.9. The van der Waals surface area contributed by atoms with Gasteiger partial charge in [-0.05, 0) is 23.8 Å². The van der Waals surface area contributed by atoms with Crippen molar-refractivity contribution in [2.45, 2.75) is 17.5 Å². The Balaban J connectivity index is 1.87. The summed E-state index contributed by atoms with van der Waals surface area (Å²) in [6.07, 6.45) is 1.85. The van der Waals surface area contributed by atoms with E-state index in [1.807, 2.05) is 54.6 Å². The highest BCUT2D eigenvalue weighted by Gasteiger charge is 2.14. The molecule has 0 aliphatic rings. The Bertz CT molecular complexity index is 846. The third-order valence-corrected chi connectivity index (χ3v) is 5.36. The largest absolute Gasteiger partial charge is 0.298 e. The van der Waals surface area contributed by atoms with Crippen molar-refractivity contribution in [3.63, 3.8) is 0 Å². The molecule has 3 rings (SSSR count). The van der Waals surface area contributed by atoms with E-state index in [1.54, 1.807) is 11.8 Å². The van der Waals surface area contributed by atoms with Crippen molar-refractivity contribution in [2.75, 3.05) is 0 Å². The molecular formula is C18H15BrClN3S. The van der Waals surface area contributed by atoms with Crippen LogP contribution in [0, 0.1) is 0 Å². The molecule has 3 nitrogen and oxygen atoms in total. The monoisotopic (exact) mass is 419 g/mol. The summed E-state index contributed by atoms with van der Waals surface area (Å²) in [5.74, 6) is 1.58. The van der Waals surface area contributed by atoms with Gasteiger partial charge in [0.25, 0.3) is 0 Å². The molecule has 0 bridgehead atoms. The Labute approximate surface area is 158 Å². The van der Waals surface area contributed by atoms with Crippen LogP contribution in [-0.2, 0) is 12.3 Å². The molecule has 0 spiro atoms. The maximum absolute atomic E-state index is 6.23. The van der Waals surface area contributed by atoms with Crippen molar-refractivity contribution in [3.8, 4) is 11.4 Å². The van der Waals surface area contributed by atoms with Gasteiger partial charge in [-0.3, -0.25) is 4.57 Å². The SMILES string of the molecule is C=CCn1c(SCc2ccccc2Cl)nnc1-c1ccc(Br)cc1. The number of thioether (sulfide) groups is 1. The Morgan fingerprint density at radius 1 is 1.12 bits per heavy atom. The summed E-state index contributed by atoms with van der Waals surface area (Å²) in [5.41, 5.74) is 2.11. The van der Waals surface area contributed by atoms with Gasteiger partial charge >= 0.3 is 0 Å². The van der Waals surface area contributed by atoms with Crippen LogP contribution in [0.25, 0.3) is 11.4 Å². The maximum Gasteiger partial charge on any atom is 0.192 e. The topological polar surface area (TPSA) is 30.7 Å². The number of aromatic nitrogens is 3. The Kier molecular flexibility index (Phi) is 5.76. The van der Waals surface area contributed by atoms with Crippen molar-refractivity contribution < 1.29 is 0 Å². The molecule has 0 fully saturated rings. The van der Waals surface area contributed by atoms with Crippen molar-refractivity contribution in [1.82, 2.24) is 14.8 Å². The molecule has 6 heteroatoms. The maximum atomic E-state index is 6.23. The van der Waals surface area contributed by atoms with E-state index in [1.165, 1.54) is 0 Å². The van der Waals surface area contributed by atoms with Crippen molar-refractivity contribution in [2.24, 2.45) is 0 Å². The van der Waals surface area contributed by atoms with E-state index >= 15 is 0 Å². The second kappa shape index (κ2) is 8.01. The van der Waals surface area contributed by atoms with E-state index in [0.717, 1.165) is 37.4 Å². The highest BCUT2D eigenvalue weighted by Crippen LogP contribution is 2.29. The molecule has 0 unspecified atom stereocenters. The van der Waals surface area contributed by atoms with E-state index in [2.05, 4.69) is 37.3 Å². The zero-order valence-electron chi connectivity index (χ0n) is 12.8. The summed E-state index contributed by atoms with van der Waals surface area (Å²) >= 11 is 11.3. The lowest BCUT2D eigenvalue weighted by Crippen LogP contribution is -2.00. The lowest BCUT2D eigenvalue weighted by molar-refractivity contribution is 0.731. The molecular weight excluding hydrogens is 406 g/mol. The Morgan fingerprint density at radius 3 is 2.58 bits per heavy atom. The van der Waals surface area contributed by atoms with Crippen LogP contribution in [0.15, 0.2) is 70.8 Å². The van der Waals surface area contributed by atoms with E-state index < -0.39 is 0 Å². The van der Waals surface area contributed by atoms with Gasteiger partial charge in [-0.15, -0.1) is 16.8 Å². The summed E-state index contributed by atoms with van der Waals surface area (Å²) in [7, 11) is 0. The molecule has 0 saturated heterocycles. The lowest BCUT2D eigenvalue weighted by Gasteiger charge is -2.08. The second-order valence-electron chi connectivity index (χ2n) is 5.09. The normalized spacial score (nSPS) is 10.8. The van der Waals surface area contributed by atoms with Gasteiger partial charge in [0.2, 0.25) is 0 Å². The molecule has 3 aromatic rings. The van der Waals surface area contributed by atoms with Crippen molar-refractivity contribution in [3.05, 3.63) is 76.2 Å². The highest BCUT2D eigenvalue weighted by molar-refractivity contribution is 9.10. The molecule has 1 heterocycles. The Morgan fingerprint density at radius 2 is 1.88 bits per heavy atom. The minimum Gasteiger partial charge on any atom is -0.298 e. The molecule has 0 atom stereocenters. The number of halogens is 2. The number of hydrogen-bond donors (Lipinski definition) is 0. The molecule has 122 valence electrons.